The normalized spacial score (nSPS) is 15.8. The molecule has 3 rings (SSSR count). The predicted molar refractivity (Wildman–Crippen MR) is 93.6 cm³/mol. The van der Waals surface area contributed by atoms with Crippen molar-refractivity contribution >= 4 is 11.8 Å². The third kappa shape index (κ3) is 3.83. The highest BCUT2D eigenvalue weighted by molar-refractivity contribution is 5.95. The fraction of sp³-hybridized carbons (Fsp3) is 0.333. The Hall–Kier alpha value is -2.80. The van der Waals surface area contributed by atoms with Crippen molar-refractivity contribution in [3.8, 4) is 11.4 Å². The van der Waals surface area contributed by atoms with E-state index in [4.69, 9.17) is 5.73 Å². The Labute approximate surface area is 146 Å². The van der Waals surface area contributed by atoms with E-state index in [1.165, 1.54) is 0 Å². The van der Waals surface area contributed by atoms with Gasteiger partial charge in [-0.25, -0.2) is 0 Å². The van der Waals surface area contributed by atoms with Crippen molar-refractivity contribution in [2.24, 2.45) is 5.73 Å². The lowest BCUT2D eigenvalue weighted by Crippen LogP contribution is -2.53. The first kappa shape index (κ1) is 17.0. The molecular formula is C18H21N5O2. The summed E-state index contributed by atoms with van der Waals surface area (Å²) in [4.78, 5) is 36.7. The fourth-order valence-electron chi connectivity index (χ4n) is 2.82. The van der Waals surface area contributed by atoms with Crippen LogP contribution in [0.15, 0.2) is 42.7 Å². The number of hydrogen-bond donors (Lipinski definition) is 1. The average molecular weight is 339 g/mol. The van der Waals surface area contributed by atoms with Crippen molar-refractivity contribution in [2.75, 3.05) is 26.2 Å². The third-order valence-corrected chi connectivity index (χ3v) is 4.20. The fourth-order valence-corrected chi connectivity index (χ4v) is 2.82. The lowest BCUT2D eigenvalue weighted by molar-refractivity contribution is -0.133. The molecule has 0 radical (unpaired) electrons. The summed E-state index contributed by atoms with van der Waals surface area (Å²) in [5, 5.41) is 0. The van der Waals surface area contributed by atoms with E-state index in [9.17, 15) is 9.59 Å². The van der Waals surface area contributed by atoms with E-state index in [-0.39, 0.29) is 11.8 Å². The van der Waals surface area contributed by atoms with E-state index in [0.717, 1.165) is 5.69 Å². The first-order valence-corrected chi connectivity index (χ1v) is 8.27. The highest BCUT2D eigenvalue weighted by Crippen LogP contribution is 2.16. The molecule has 2 N–H and O–H groups in total. The van der Waals surface area contributed by atoms with Gasteiger partial charge >= 0.3 is 0 Å². The largest absolute Gasteiger partial charge is 0.338 e. The molecule has 2 amide bonds. The smallest absolute Gasteiger partial charge is 0.254 e. The SMILES string of the molecule is CC(N)C(=O)N1CCN(C(=O)c2ccnc(-c3ccccn3)c2)CC1. The molecule has 1 aliphatic heterocycles. The van der Waals surface area contributed by atoms with Gasteiger partial charge in [0.15, 0.2) is 0 Å². The highest BCUT2D eigenvalue weighted by atomic mass is 16.2. The number of nitrogens with two attached hydrogens (primary N) is 1. The lowest BCUT2D eigenvalue weighted by Gasteiger charge is -2.35. The number of pyridine rings is 2. The summed E-state index contributed by atoms with van der Waals surface area (Å²) in [6.07, 6.45) is 3.31. The number of aromatic nitrogens is 2. The first-order valence-electron chi connectivity index (χ1n) is 8.27. The van der Waals surface area contributed by atoms with Crippen LogP contribution in [-0.2, 0) is 4.79 Å². The van der Waals surface area contributed by atoms with Gasteiger partial charge in [-0.2, -0.15) is 0 Å². The van der Waals surface area contributed by atoms with Gasteiger partial charge < -0.3 is 15.5 Å². The maximum atomic E-state index is 12.7. The molecule has 0 bridgehead atoms. The second-order valence-electron chi connectivity index (χ2n) is 6.05. The van der Waals surface area contributed by atoms with Crippen LogP contribution in [0.1, 0.15) is 17.3 Å². The van der Waals surface area contributed by atoms with Gasteiger partial charge in [-0.05, 0) is 31.2 Å². The minimum atomic E-state index is -0.511. The van der Waals surface area contributed by atoms with Crippen LogP contribution in [0.4, 0.5) is 0 Å². The van der Waals surface area contributed by atoms with Gasteiger partial charge in [-0.3, -0.25) is 19.6 Å². The molecule has 7 nitrogen and oxygen atoms in total. The molecule has 130 valence electrons. The van der Waals surface area contributed by atoms with Crippen molar-refractivity contribution < 1.29 is 9.59 Å². The predicted octanol–water partition coefficient (Wildman–Crippen LogP) is 0.775. The zero-order valence-electron chi connectivity index (χ0n) is 14.1. The number of piperazine rings is 1. The van der Waals surface area contributed by atoms with Crippen LogP contribution >= 0.6 is 0 Å². The number of rotatable bonds is 3. The van der Waals surface area contributed by atoms with E-state index in [1.807, 2.05) is 18.2 Å². The number of hydrogen-bond acceptors (Lipinski definition) is 5. The Morgan fingerprint density at radius 1 is 1.00 bits per heavy atom. The summed E-state index contributed by atoms with van der Waals surface area (Å²) in [7, 11) is 0. The van der Waals surface area contributed by atoms with Crippen molar-refractivity contribution in [2.45, 2.75) is 13.0 Å². The van der Waals surface area contributed by atoms with Gasteiger partial charge in [0.05, 0.1) is 17.4 Å². The third-order valence-electron chi connectivity index (χ3n) is 4.20. The molecule has 0 spiro atoms. The Morgan fingerprint density at radius 3 is 2.32 bits per heavy atom. The maximum absolute atomic E-state index is 12.7. The van der Waals surface area contributed by atoms with Crippen LogP contribution in [0.5, 0.6) is 0 Å². The van der Waals surface area contributed by atoms with Crippen LogP contribution in [0, 0.1) is 0 Å². The highest BCUT2D eigenvalue weighted by Gasteiger charge is 2.26. The second kappa shape index (κ2) is 7.40. The summed E-state index contributed by atoms with van der Waals surface area (Å²) in [6.45, 7) is 3.68. The Bertz CT molecular complexity index is 755. The molecule has 1 aliphatic rings. The first-order chi connectivity index (χ1) is 12.1. The molecule has 0 aromatic carbocycles. The molecule has 7 heteroatoms. The number of carbonyl (C=O) groups is 2. The molecule has 2 aromatic heterocycles. The van der Waals surface area contributed by atoms with Gasteiger partial charge in [0.25, 0.3) is 5.91 Å². The van der Waals surface area contributed by atoms with Gasteiger partial charge in [-0.15, -0.1) is 0 Å². The Morgan fingerprint density at radius 2 is 1.68 bits per heavy atom. The summed E-state index contributed by atoms with van der Waals surface area (Å²) in [5.74, 6) is -0.138. The number of carbonyl (C=O) groups excluding carboxylic acids is 2. The zero-order chi connectivity index (χ0) is 17.8. The van der Waals surface area contributed by atoms with Gasteiger partial charge in [0, 0.05) is 44.1 Å². The van der Waals surface area contributed by atoms with Gasteiger partial charge in [0.1, 0.15) is 0 Å². The van der Waals surface area contributed by atoms with Crippen molar-refractivity contribution in [1.29, 1.82) is 0 Å². The van der Waals surface area contributed by atoms with E-state index < -0.39 is 6.04 Å². The average Bonchev–Trinajstić information content (AvgIpc) is 2.67. The molecule has 0 aliphatic carbocycles. The quantitative estimate of drug-likeness (QED) is 0.892. The van der Waals surface area contributed by atoms with E-state index in [1.54, 1.807) is 41.2 Å². The van der Waals surface area contributed by atoms with Crippen LogP contribution in [0.3, 0.4) is 0 Å². The Kier molecular flexibility index (Phi) is 5.04. The Balaban J connectivity index is 1.69. The minimum absolute atomic E-state index is 0.0625. The lowest BCUT2D eigenvalue weighted by atomic mass is 10.1. The number of amides is 2. The monoisotopic (exact) mass is 339 g/mol. The molecule has 1 saturated heterocycles. The van der Waals surface area contributed by atoms with Crippen LogP contribution in [0.25, 0.3) is 11.4 Å². The van der Waals surface area contributed by atoms with Crippen LogP contribution < -0.4 is 5.73 Å². The van der Waals surface area contributed by atoms with Crippen molar-refractivity contribution in [1.82, 2.24) is 19.8 Å². The summed E-state index contributed by atoms with van der Waals surface area (Å²) >= 11 is 0. The van der Waals surface area contributed by atoms with Crippen molar-refractivity contribution in [3.63, 3.8) is 0 Å². The second-order valence-corrected chi connectivity index (χ2v) is 6.05. The van der Waals surface area contributed by atoms with Gasteiger partial charge in [0.2, 0.25) is 5.91 Å². The summed E-state index contributed by atoms with van der Waals surface area (Å²) < 4.78 is 0. The summed E-state index contributed by atoms with van der Waals surface area (Å²) in [5.41, 5.74) is 7.60. The molecule has 2 aromatic rings. The zero-order valence-corrected chi connectivity index (χ0v) is 14.1. The molecule has 0 saturated carbocycles. The standard InChI is InChI=1S/C18H21N5O2/c1-13(19)17(24)22-8-10-23(11-9-22)18(25)14-5-7-21-16(12-14)15-4-2-3-6-20-15/h2-7,12-13H,8-11,19H2,1H3. The topological polar surface area (TPSA) is 92.4 Å². The van der Waals surface area contributed by atoms with Crippen LogP contribution in [-0.4, -0.2) is 63.8 Å². The summed E-state index contributed by atoms with van der Waals surface area (Å²) in [6, 6.07) is 8.52. The molecule has 1 unspecified atom stereocenters. The molecule has 1 atom stereocenters. The van der Waals surface area contributed by atoms with E-state index >= 15 is 0 Å². The number of nitrogens with zero attached hydrogens (tertiary/aromatic N) is 4. The maximum Gasteiger partial charge on any atom is 0.254 e. The van der Waals surface area contributed by atoms with E-state index in [2.05, 4.69) is 9.97 Å². The van der Waals surface area contributed by atoms with E-state index in [0.29, 0.717) is 37.4 Å². The minimum Gasteiger partial charge on any atom is -0.338 e. The van der Waals surface area contributed by atoms with Gasteiger partial charge in [-0.1, -0.05) is 6.07 Å². The van der Waals surface area contributed by atoms with Crippen LogP contribution in [0.2, 0.25) is 0 Å². The molecule has 1 fully saturated rings. The molecule has 25 heavy (non-hydrogen) atoms. The molecular weight excluding hydrogens is 318 g/mol. The molecule has 3 heterocycles. The van der Waals surface area contributed by atoms with Crippen molar-refractivity contribution in [3.05, 3.63) is 48.3 Å².